The summed E-state index contributed by atoms with van der Waals surface area (Å²) in [4.78, 5) is 19.5. The molecule has 0 unspecified atom stereocenters. The van der Waals surface area contributed by atoms with Crippen molar-refractivity contribution in [1.29, 1.82) is 0 Å². The number of rotatable bonds is 4. The fourth-order valence-electron chi connectivity index (χ4n) is 2.21. The Bertz CT molecular complexity index is 718. The van der Waals surface area contributed by atoms with E-state index in [1.165, 1.54) is 24.5 Å². The van der Waals surface area contributed by atoms with Gasteiger partial charge in [0.15, 0.2) is 0 Å². The predicted molar refractivity (Wildman–Crippen MR) is 79.6 cm³/mol. The molecule has 0 saturated heterocycles. The number of nitrogens with one attached hydrogen (secondary N) is 2. The Morgan fingerprint density at radius 1 is 1.32 bits per heavy atom. The highest BCUT2D eigenvalue weighted by Gasteiger charge is 2.45. The molecule has 0 radical (unpaired) electrons. The Hall–Kier alpha value is -2.25. The number of nitrogen functional groups attached to an aromatic ring is 1. The molecule has 6 nitrogen and oxygen atoms in total. The quantitative estimate of drug-likeness (QED) is 0.455. The molecule has 2 aromatic rings. The first kappa shape index (κ1) is 14.7. The van der Waals surface area contributed by atoms with E-state index in [2.05, 4.69) is 15.3 Å². The zero-order valence-electron chi connectivity index (χ0n) is 11.4. The van der Waals surface area contributed by atoms with Crippen molar-refractivity contribution in [3.8, 4) is 0 Å². The third-order valence-electron chi connectivity index (χ3n) is 3.62. The number of nitrogens with zero attached hydrogens (tertiary/aromatic N) is 2. The van der Waals surface area contributed by atoms with Gasteiger partial charge in [-0.1, -0.05) is 17.7 Å². The van der Waals surface area contributed by atoms with Crippen LogP contribution in [0.15, 0.2) is 30.6 Å². The summed E-state index contributed by atoms with van der Waals surface area (Å²) in [5, 5.41) is 3.27. The number of carbonyl (C=O) groups excluding carboxylic acids is 1. The fraction of sp³-hybridized carbons (Fsp3) is 0.214. The van der Waals surface area contributed by atoms with Crippen LogP contribution in [0.1, 0.15) is 28.8 Å². The van der Waals surface area contributed by atoms with Gasteiger partial charge in [0, 0.05) is 12.4 Å². The number of hydrogen-bond acceptors (Lipinski definition) is 5. The van der Waals surface area contributed by atoms with Crippen LogP contribution in [0.4, 0.5) is 10.3 Å². The second-order valence-corrected chi connectivity index (χ2v) is 5.51. The van der Waals surface area contributed by atoms with Crippen molar-refractivity contribution in [3.63, 3.8) is 0 Å². The Morgan fingerprint density at radius 3 is 2.55 bits per heavy atom. The van der Waals surface area contributed by atoms with Gasteiger partial charge in [-0.2, -0.15) is 0 Å². The lowest BCUT2D eigenvalue weighted by Crippen LogP contribution is -2.30. The first-order valence-electron chi connectivity index (χ1n) is 6.61. The maximum Gasteiger partial charge on any atom is 0.268 e. The average Bonchev–Trinajstić information content (AvgIpc) is 3.30. The molecule has 1 aromatic heterocycles. The van der Waals surface area contributed by atoms with Crippen molar-refractivity contribution in [2.45, 2.75) is 18.4 Å². The smallest absolute Gasteiger partial charge is 0.268 e. The van der Waals surface area contributed by atoms with Gasteiger partial charge in [0.05, 0.1) is 16.1 Å². The molecule has 8 heteroatoms. The summed E-state index contributed by atoms with van der Waals surface area (Å²) in [6.45, 7) is 0. The van der Waals surface area contributed by atoms with E-state index < -0.39 is 11.7 Å². The minimum Gasteiger partial charge on any atom is -0.345 e. The number of aromatic nitrogens is 2. The molecule has 1 fully saturated rings. The summed E-state index contributed by atoms with van der Waals surface area (Å²) < 4.78 is 13.6. The van der Waals surface area contributed by atoms with Gasteiger partial charge in [0.1, 0.15) is 5.82 Å². The van der Waals surface area contributed by atoms with Crippen LogP contribution in [-0.4, -0.2) is 15.9 Å². The molecule has 1 aliphatic carbocycles. The Labute approximate surface area is 130 Å². The lowest BCUT2D eigenvalue weighted by Gasteiger charge is -2.18. The van der Waals surface area contributed by atoms with Gasteiger partial charge in [0.2, 0.25) is 5.95 Å². The van der Waals surface area contributed by atoms with Crippen molar-refractivity contribution < 1.29 is 9.18 Å². The maximum absolute atomic E-state index is 13.6. The molecule has 1 amide bonds. The van der Waals surface area contributed by atoms with Crippen molar-refractivity contribution >= 4 is 23.5 Å². The predicted octanol–water partition coefficient (Wildman–Crippen LogP) is 1.97. The number of carbonyl (C=O) groups is 1. The van der Waals surface area contributed by atoms with Crippen LogP contribution in [0, 0.1) is 5.82 Å². The summed E-state index contributed by atoms with van der Waals surface area (Å²) >= 11 is 5.70. The minimum atomic E-state index is -0.465. The van der Waals surface area contributed by atoms with Crippen LogP contribution in [0.25, 0.3) is 0 Å². The second-order valence-electron chi connectivity index (χ2n) is 5.10. The van der Waals surface area contributed by atoms with Crippen LogP contribution in [-0.2, 0) is 5.54 Å². The number of anilines is 1. The van der Waals surface area contributed by atoms with Gasteiger partial charge in [0.25, 0.3) is 5.91 Å². The second kappa shape index (κ2) is 5.51. The Morgan fingerprint density at radius 2 is 2.00 bits per heavy atom. The molecule has 0 atom stereocenters. The van der Waals surface area contributed by atoms with E-state index in [1.807, 2.05) is 5.43 Å². The standard InChI is InChI=1S/C14H13ClFN5O/c15-10-2-1-9(5-11(10)16)14(3-4-14)20-13-18-6-8(7-19-13)12(22)21-17/h1-2,5-7H,3-4,17H2,(H,21,22)(H,18,19,20). The number of hydrogen-bond donors (Lipinski definition) is 3. The highest BCUT2D eigenvalue weighted by molar-refractivity contribution is 6.30. The molecule has 1 saturated carbocycles. The molecule has 4 N–H and O–H groups in total. The molecular weight excluding hydrogens is 309 g/mol. The van der Waals surface area contributed by atoms with Crippen molar-refractivity contribution in [2.75, 3.05) is 5.32 Å². The third-order valence-corrected chi connectivity index (χ3v) is 3.92. The zero-order valence-corrected chi connectivity index (χ0v) is 12.2. The van der Waals surface area contributed by atoms with Crippen LogP contribution in [0.3, 0.4) is 0 Å². The van der Waals surface area contributed by atoms with Crippen LogP contribution in [0.5, 0.6) is 0 Å². The number of hydrazine groups is 1. The highest BCUT2D eigenvalue weighted by atomic mass is 35.5. The van der Waals surface area contributed by atoms with Gasteiger partial charge in [-0.3, -0.25) is 10.2 Å². The lowest BCUT2D eigenvalue weighted by molar-refractivity contribution is 0.0953. The van der Waals surface area contributed by atoms with Gasteiger partial charge in [-0.05, 0) is 30.5 Å². The van der Waals surface area contributed by atoms with Crippen LogP contribution in [0.2, 0.25) is 5.02 Å². The summed E-state index contributed by atoms with van der Waals surface area (Å²) in [6.07, 6.45) is 4.41. The van der Waals surface area contributed by atoms with Crippen molar-refractivity contribution in [3.05, 3.63) is 52.6 Å². The fourth-order valence-corrected chi connectivity index (χ4v) is 2.33. The number of halogens is 2. The Balaban J connectivity index is 1.80. The topological polar surface area (TPSA) is 92.9 Å². The van der Waals surface area contributed by atoms with E-state index in [4.69, 9.17) is 17.4 Å². The van der Waals surface area contributed by atoms with E-state index in [1.54, 1.807) is 6.07 Å². The first-order valence-corrected chi connectivity index (χ1v) is 6.98. The zero-order chi connectivity index (χ0) is 15.7. The Kier molecular flexibility index (Phi) is 3.67. The third kappa shape index (κ3) is 2.72. The SMILES string of the molecule is NNC(=O)c1cnc(NC2(c3ccc(Cl)c(F)c3)CC2)nc1. The summed E-state index contributed by atoms with van der Waals surface area (Å²) in [7, 11) is 0. The van der Waals surface area contributed by atoms with Crippen LogP contribution < -0.4 is 16.6 Å². The van der Waals surface area contributed by atoms with E-state index in [0.717, 1.165) is 18.4 Å². The van der Waals surface area contributed by atoms with Crippen molar-refractivity contribution in [1.82, 2.24) is 15.4 Å². The summed E-state index contributed by atoms with van der Waals surface area (Å²) in [5.74, 6) is 4.48. The number of amides is 1. The molecule has 1 heterocycles. The molecule has 0 bridgehead atoms. The number of benzene rings is 1. The number of nitrogens with two attached hydrogens (primary N) is 1. The molecule has 114 valence electrons. The van der Waals surface area contributed by atoms with Gasteiger partial charge in [-0.25, -0.2) is 20.2 Å². The molecule has 1 aliphatic rings. The monoisotopic (exact) mass is 321 g/mol. The maximum atomic E-state index is 13.6. The van der Waals surface area contributed by atoms with Crippen LogP contribution >= 0.6 is 11.6 Å². The van der Waals surface area contributed by atoms with Gasteiger partial charge >= 0.3 is 0 Å². The molecule has 22 heavy (non-hydrogen) atoms. The molecule has 3 rings (SSSR count). The summed E-state index contributed by atoms with van der Waals surface area (Å²) in [5.41, 5.74) is 2.67. The van der Waals surface area contributed by atoms with Gasteiger partial charge < -0.3 is 5.32 Å². The van der Waals surface area contributed by atoms with E-state index in [-0.39, 0.29) is 16.1 Å². The molecule has 0 spiro atoms. The molecule has 0 aliphatic heterocycles. The normalized spacial score (nSPS) is 15.2. The summed E-state index contributed by atoms with van der Waals surface area (Å²) in [6, 6.07) is 4.73. The highest BCUT2D eigenvalue weighted by Crippen LogP contribution is 2.48. The van der Waals surface area contributed by atoms with E-state index in [0.29, 0.717) is 5.95 Å². The van der Waals surface area contributed by atoms with Gasteiger partial charge in [-0.15, -0.1) is 0 Å². The van der Waals surface area contributed by atoms with Crippen molar-refractivity contribution in [2.24, 2.45) is 5.84 Å². The lowest BCUT2D eigenvalue weighted by atomic mass is 10.1. The van der Waals surface area contributed by atoms with E-state index >= 15 is 0 Å². The molecule has 1 aromatic carbocycles. The average molecular weight is 322 g/mol. The largest absolute Gasteiger partial charge is 0.345 e. The molecular formula is C14H13ClFN5O. The van der Waals surface area contributed by atoms with E-state index in [9.17, 15) is 9.18 Å². The minimum absolute atomic E-state index is 0.0907. The first-order chi connectivity index (χ1) is 10.5.